The average Bonchev–Trinajstić information content (AvgIpc) is 2.04. The first kappa shape index (κ1) is 9.24. The zero-order valence-electron chi connectivity index (χ0n) is 5.64. The molecule has 0 amide bonds. The Labute approximate surface area is 75.2 Å². The summed E-state index contributed by atoms with van der Waals surface area (Å²) in [6, 6.07) is 2.58. The normalized spacial score (nSPS) is 12.5. The molecular formula is C5H3ClN2O3S. The predicted molar refractivity (Wildman–Crippen MR) is 43.2 cm³/mol. The van der Waals surface area contributed by atoms with Crippen LogP contribution in [0.2, 0.25) is 0 Å². The van der Waals surface area contributed by atoms with Gasteiger partial charge in [-0.2, -0.15) is 0 Å². The Morgan fingerprint density at radius 2 is 2.33 bits per heavy atom. The maximum absolute atomic E-state index is 10.7. The minimum Gasteiger partial charge on any atom is -0.593 e. The molecule has 1 atom stereocenters. The first-order valence-corrected chi connectivity index (χ1v) is 4.78. The highest BCUT2D eigenvalue weighted by molar-refractivity contribution is 8.13. The summed E-state index contributed by atoms with van der Waals surface area (Å²) in [7, 11) is 3.22. The van der Waals surface area contributed by atoms with Gasteiger partial charge in [-0.3, -0.25) is 10.1 Å². The van der Waals surface area contributed by atoms with E-state index in [2.05, 4.69) is 4.98 Å². The number of pyridine rings is 1. The monoisotopic (exact) mass is 206 g/mol. The molecule has 1 unspecified atom stereocenters. The van der Waals surface area contributed by atoms with Gasteiger partial charge in [-0.15, -0.1) is 0 Å². The number of halogens is 1. The van der Waals surface area contributed by atoms with E-state index in [1.54, 1.807) is 0 Å². The van der Waals surface area contributed by atoms with Crippen molar-refractivity contribution in [1.82, 2.24) is 4.98 Å². The standard InChI is InChI=1S/C5H3ClN2O3S/c6-12(11)5-4(8(9)10)2-1-3-7-5/h1-3H. The molecule has 1 aromatic heterocycles. The molecule has 7 heteroatoms. The Hall–Kier alpha value is -0.850. The van der Waals surface area contributed by atoms with Crippen LogP contribution in [0.5, 0.6) is 0 Å². The lowest BCUT2D eigenvalue weighted by Gasteiger charge is -1.97. The molecule has 0 aromatic carbocycles. The number of hydrogen-bond donors (Lipinski definition) is 0. The lowest BCUT2D eigenvalue weighted by atomic mass is 10.4. The van der Waals surface area contributed by atoms with Crippen LogP contribution in [0, 0.1) is 10.1 Å². The van der Waals surface area contributed by atoms with Crippen molar-refractivity contribution in [2.24, 2.45) is 0 Å². The van der Waals surface area contributed by atoms with Crippen molar-refractivity contribution >= 4 is 26.8 Å². The Balaban J connectivity index is 3.17. The van der Waals surface area contributed by atoms with Gasteiger partial charge in [-0.05, 0) is 6.07 Å². The van der Waals surface area contributed by atoms with E-state index in [1.165, 1.54) is 18.3 Å². The van der Waals surface area contributed by atoms with Crippen molar-refractivity contribution in [2.45, 2.75) is 5.03 Å². The van der Waals surface area contributed by atoms with Crippen LogP contribution >= 0.6 is 10.7 Å². The summed E-state index contributed by atoms with van der Waals surface area (Å²) in [6.45, 7) is 0. The second-order valence-corrected chi connectivity index (χ2v) is 3.48. The summed E-state index contributed by atoms with van der Waals surface area (Å²) in [5.41, 5.74) is -0.328. The highest BCUT2D eigenvalue weighted by Gasteiger charge is 2.24. The molecule has 0 saturated carbocycles. The number of nitrogens with zero attached hydrogens (tertiary/aromatic N) is 2. The van der Waals surface area contributed by atoms with Crippen molar-refractivity contribution in [3.05, 3.63) is 28.4 Å². The molecule has 0 bridgehead atoms. The molecule has 1 aromatic rings. The van der Waals surface area contributed by atoms with E-state index in [9.17, 15) is 14.7 Å². The average molecular weight is 207 g/mol. The van der Waals surface area contributed by atoms with E-state index >= 15 is 0 Å². The Bertz CT molecular complexity index is 306. The van der Waals surface area contributed by atoms with Crippen molar-refractivity contribution in [3.63, 3.8) is 0 Å². The van der Waals surface area contributed by atoms with E-state index < -0.39 is 15.3 Å². The third-order valence-corrected chi connectivity index (χ3v) is 2.16. The molecule has 0 radical (unpaired) electrons. The SMILES string of the molecule is O=[N+]([O-])c1cccnc1[S+]([O-])Cl. The minimum atomic E-state index is -1.94. The second-order valence-electron chi connectivity index (χ2n) is 1.81. The van der Waals surface area contributed by atoms with Crippen LogP contribution in [-0.2, 0) is 10.4 Å². The zero-order chi connectivity index (χ0) is 9.14. The van der Waals surface area contributed by atoms with Gasteiger partial charge in [0.15, 0.2) is 10.7 Å². The molecule has 64 valence electrons. The fourth-order valence-electron chi connectivity index (χ4n) is 0.645. The van der Waals surface area contributed by atoms with Crippen molar-refractivity contribution in [3.8, 4) is 0 Å². The van der Waals surface area contributed by atoms with E-state index in [4.69, 9.17) is 10.7 Å². The van der Waals surface area contributed by atoms with Gasteiger partial charge in [0.25, 0.3) is 0 Å². The van der Waals surface area contributed by atoms with Crippen LogP contribution in [0.15, 0.2) is 23.4 Å². The molecule has 0 saturated heterocycles. The molecule has 12 heavy (non-hydrogen) atoms. The Kier molecular flexibility index (Phi) is 2.85. The van der Waals surface area contributed by atoms with E-state index in [-0.39, 0.29) is 10.7 Å². The molecule has 0 fully saturated rings. The van der Waals surface area contributed by atoms with E-state index in [0.717, 1.165) is 0 Å². The second kappa shape index (κ2) is 3.70. The van der Waals surface area contributed by atoms with E-state index in [0.29, 0.717) is 0 Å². The number of nitro groups is 1. The van der Waals surface area contributed by atoms with Gasteiger partial charge in [0.05, 0.1) is 4.92 Å². The maximum Gasteiger partial charge on any atom is 0.345 e. The Morgan fingerprint density at radius 3 is 2.75 bits per heavy atom. The quantitative estimate of drug-likeness (QED) is 0.414. The lowest BCUT2D eigenvalue weighted by molar-refractivity contribution is -0.388. The molecule has 1 heterocycles. The summed E-state index contributed by atoms with van der Waals surface area (Å²) in [6.07, 6.45) is 1.29. The van der Waals surface area contributed by atoms with Gasteiger partial charge in [0.2, 0.25) is 0 Å². The summed E-state index contributed by atoms with van der Waals surface area (Å²) in [5.74, 6) is 0. The smallest absolute Gasteiger partial charge is 0.345 e. The molecule has 0 spiro atoms. The molecule has 1 rings (SSSR count). The first-order chi connectivity index (χ1) is 5.63. The predicted octanol–water partition coefficient (Wildman–Crippen LogP) is 1.25. The maximum atomic E-state index is 10.7. The van der Waals surface area contributed by atoms with Crippen molar-refractivity contribution in [1.29, 1.82) is 0 Å². The van der Waals surface area contributed by atoms with Gasteiger partial charge in [0.1, 0.15) is 10.4 Å². The van der Waals surface area contributed by atoms with Gasteiger partial charge in [-0.25, -0.2) is 4.98 Å². The molecule has 0 aliphatic rings. The van der Waals surface area contributed by atoms with Gasteiger partial charge in [-0.1, -0.05) is 0 Å². The van der Waals surface area contributed by atoms with Crippen LogP contribution in [-0.4, -0.2) is 14.5 Å². The van der Waals surface area contributed by atoms with E-state index in [1.807, 2.05) is 0 Å². The number of aromatic nitrogens is 1. The third kappa shape index (κ3) is 1.84. The third-order valence-electron chi connectivity index (χ3n) is 1.10. The Morgan fingerprint density at radius 1 is 1.67 bits per heavy atom. The molecular weight excluding hydrogens is 204 g/mol. The van der Waals surface area contributed by atoms with Gasteiger partial charge in [0, 0.05) is 12.3 Å². The summed E-state index contributed by atoms with van der Waals surface area (Å²) in [5, 5.41) is 10.1. The van der Waals surface area contributed by atoms with Crippen molar-refractivity contribution in [2.75, 3.05) is 0 Å². The fourth-order valence-corrected chi connectivity index (χ4v) is 1.45. The van der Waals surface area contributed by atoms with Gasteiger partial charge >= 0.3 is 10.7 Å². The summed E-state index contributed by atoms with van der Waals surface area (Å²) in [4.78, 5) is 13.1. The molecule has 5 nitrogen and oxygen atoms in total. The minimum absolute atomic E-state index is 0.218. The zero-order valence-corrected chi connectivity index (χ0v) is 7.21. The van der Waals surface area contributed by atoms with Crippen LogP contribution in [0.4, 0.5) is 5.69 Å². The highest BCUT2D eigenvalue weighted by atomic mass is 35.7. The fraction of sp³-hybridized carbons (Fsp3) is 0. The largest absolute Gasteiger partial charge is 0.593 e. The molecule has 0 aliphatic heterocycles. The summed E-state index contributed by atoms with van der Waals surface area (Å²) >= 11 is 0. The number of rotatable bonds is 2. The van der Waals surface area contributed by atoms with Crippen LogP contribution in [0.25, 0.3) is 0 Å². The first-order valence-electron chi connectivity index (χ1n) is 2.80. The van der Waals surface area contributed by atoms with Crippen LogP contribution < -0.4 is 0 Å². The topological polar surface area (TPSA) is 79.1 Å². The van der Waals surface area contributed by atoms with Gasteiger partial charge < -0.3 is 4.55 Å². The van der Waals surface area contributed by atoms with Crippen LogP contribution in [0.1, 0.15) is 0 Å². The number of hydrogen-bond acceptors (Lipinski definition) is 4. The van der Waals surface area contributed by atoms with Crippen LogP contribution in [0.3, 0.4) is 0 Å². The van der Waals surface area contributed by atoms with Crippen molar-refractivity contribution < 1.29 is 9.48 Å². The molecule has 0 aliphatic carbocycles. The highest BCUT2D eigenvalue weighted by Crippen LogP contribution is 2.22. The summed E-state index contributed by atoms with van der Waals surface area (Å²) < 4.78 is 10.7. The molecule has 0 N–H and O–H groups in total. The lowest BCUT2D eigenvalue weighted by Crippen LogP contribution is -2.00.